The molecule has 1 aliphatic heterocycles. The predicted molar refractivity (Wildman–Crippen MR) is 131 cm³/mol. The van der Waals surface area contributed by atoms with Crippen molar-refractivity contribution in [2.45, 2.75) is 56.8 Å². The van der Waals surface area contributed by atoms with Gasteiger partial charge in [0.1, 0.15) is 11.4 Å². The van der Waals surface area contributed by atoms with E-state index in [1.807, 2.05) is 0 Å². The van der Waals surface area contributed by atoms with E-state index >= 15 is 0 Å². The third-order valence-electron chi connectivity index (χ3n) is 9.21. The highest BCUT2D eigenvalue weighted by molar-refractivity contribution is 5.98. The van der Waals surface area contributed by atoms with E-state index in [0.717, 1.165) is 16.5 Å². The summed E-state index contributed by atoms with van der Waals surface area (Å²) in [6, 6.07) is 2.51. The zero-order valence-electron chi connectivity index (χ0n) is 21.1. The van der Waals surface area contributed by atoms with Gasteiger partial charge in [-0.15, -0.1) is 0 Å². The molecule has 1 amide bonds. The molecule has 2 aromatic rings. The van der Waals surface area contributed by atoms with Gasteiger partial charge in [0.2, 0.25) is 0 Å². The van der Waals surface area contributed by atoms with Crippen molar-refractivity contribution in [3.63, 3.8) is 0 Å². The largest absolute Gasteiger partial charge is 0.493 e. The van der Waals surface area contributed by atoms with Crippen LogP contribution in [-0.4, -0.2) is 42.6 Å². The van der Waals surface area contributed by atoms with Gasteiger partial charge in [0, 0.05) is 13.0 Å². The van der Waals surface area contributed by atoms with Crippen molar-refractivity contribution in [3.05, 3.63) is 35.5 Å². The number of halogens is 3. The molecule has 1 aromatic carbocycles. The number of alkyl halides is 3. The topological polar surface area (TPSA) is 77.4 Å². The SMILES string of the molecule is COc1ccc([C@@H]2C[C@H](C(F)(F)F)n3ncc(C(=O)NCC4C5CC6CC(C5)CC4C6)c3N2)cc1OC. The van der Waals surface area contributed by atoms with Gasteiger partial charge in [-0.25, -0.2) is 4.68 Å². The van der Waals surface area contributed by atoms with Crippen LogP contribution < -0.4 is 20.1 Å². The van der Waals surface area contributed by atoms with E-state index in [1.54, 1.807) is 18.2 Å². The number of anilines is 1. The minimum absolute atomic E-state index is 0.0935. The molecule has 5 aliphatic rings. The first kappa shape index (κ1) is 24.4. The lowest BCUT2D eigenvalue weighted by Crippen LogP contribution is -2.49. The summed E-state index contributed by atoms with van der Waals surface area (Å²) in [5.41, 5.74) is 0.752. The number of methoxy groups -OCH3 is 2. The Kier molecular flexibility index (Phi) is 6.03. The molecule has 1 aromatic heterocycles. The van der Waals surface area contributed by atoms with Crippen molar-refractivity contribution in [2.24, 2.45) is 29.6 Å². The van der Waals surface area contributed by atoms with Crippen LogP contribution in [0.2, 0.25) is 0 Å². The lowest BCUT2D eigenvalue weighted by atomic mass is 9.52. The van der Waals surface area contributed by atoms with Crippen LogP contribution in [0.1, 0.15) is 66.5 Å². The molecule has 2 atom stereocenters. The van der Waals surface area contributed by atoms with E-state index in [2.05, 4.69) is 15.7 Å². The number of rotatable bonds is 6. The molecule has 0 unspecified atom stereocenters. The quantitative estimate of drug-likeness (QED) is 0.538. The van der Waals surface area contributed by atoms with Crippen LogP contribution in [-0.2, 0) is 0 Å². The molecule has 4 bridgehead atoms. The highest BCUT2D eigenvalue weighted by atomic mass is 19.4. The summed E-state index contributed by atoms with van der Waals surface area (Å²) in [5, 5.41) is 10.2. The Morgan fingerprint density at radius 2 is 1.73 bits per heavy atom. The summed E-state index contributed by atoms with van der Waals surface area (Å²) >= 11 is 0. The molecule has 4 fully saturated rings. The van der Waals surface area contributed by atoms with Gasteiger partial charge in [-0.05, 0) is 79.4 Å². The van der Waals surface area contributed by atoms with Crippen LogP contribution in [0.3, 0.4) is 0 Å². The minimum atomic E-state index is -4.52. The second-order valence-electron chi connectivity index (χ2n) is 11.3. The number of nitrogens with one attached hydrogen (secondary N) is 2. The average molecular weight is 519 g/mol. The Morgan fingerprint density at radius 1 is 1.05 bits per heavy atom. The lowest BCUT2D eigenvalue weighted by molar-refractivity contribution is -0.173. The summed E-state index contributed by atoms with van der Waals surface area (Å²) in [6.45, 7) is 0.569. The summed E-state index contributed by atoms with van der Waals surface area (Å²) in [4.78, 5) is 13.3. The third-order valence-corrected chi connectivity index (χ3v) is 9.21. The zero-order chi connectivity index (χ0) is 25.9. The van der Waals surface area contributed by atoms with E-state index in [9.17, 15) is 18.0 Å². The average Bonchev–Trinajstić information content (AvgIpc) is 3.30. The number of fused-ring (bicyclic) bond motifs is 1. The van der Waals surface area contributed by atoms with Crippen LogP contribution >= 0.6 is 0 Å². The smallest absolute Gasteiger partial charge is 0.410 e. The van der Waals surface area contributed by atoms with Gasteiger partial charge in [-0.2, -0.15) is 18.3 Å². The van der Waals surface area contributed by atoms with Crippen LogP contribution in [0.25, 0.3) is 0 Å². The highest BCUT2D eigenvalue weighted by Gasteiger charge is 2.49. The lowest BCUT2D eigenvalue weighted by Gasteiger charge is -2.54. The zero-order valence-corrected chi connectivity index (χ0v) is 21.1. The monoisotopic (exact) mass is 518 g/mol. The Labute approximate surface area is 214 Å². The third kappa shape index (κ3) is 4.32. The molecular formula is C27H33F3N4O3. The van der Waals surface area contributed by atoms with Gasteiger partial charge in [-0.1, -0.05) is 6.07 Å². The molecule has 4 saturated carbocycles. The van der Waals surface area contributed by atoms with Gasteiger partial charge in [-0.3, -0.25) is 4.79 Å². The summed E-state index contributed by atoms with van der Waals surface area (Å²) in [6.07, 6.45) is 2.83. The van der Waals surface area contributed by atoms with Crippen molar-refractivity contribution in [1.82, 2.24) is 15.1 Å². The second-order valence-corrected chi connectivity index (χ2v) is 11.3. The van der Waals surface area contributed by atoms with Gasteiger partial charge < -0.3 is 20.1 Å². The number of hydrogen-bond acceptors (Lipinski definition) is 5. The first-order chi connectivity index (χ1) is 17.7. The van der Waals surface area contributed by atoms with Crippen LogP contribution in [0.4, 0.5) is 19.0 Å². The van der Waals surface area contributed by atoms with E-state index in [-0.39, 0.29) is 23.7 Å². The molecular weight excluding hydrogens is 485 g/mol. The van der Waals surface area contributed by atoms with Crippen molar-refractivity contribution < 1.29 is 27.4 Å². The normalized spacial score (nSPS) is 32.0. The number of carbonyl (C=O) groups is 1. The molecule has 200 valence electrons. The van der Waals surface area contributed by atoms with E-state index in [4.69, 9.17) is 9.47 Å². The molecule has 2 N–H and O–H groups in total. The van der Waals surface area contributed by atoms with Crippen LogP contribution in [0.5, 0.6) is 11.5 Å². The second kappa shape index (κ2) is 9.13. The predicted octanol–water partition coefficient (Wildman–Crippen LogP) is 5.36. The van der Waals surface area contributed by atoms with Crippen molar-refractivity contribution in [2.75, 3.05) is 26.1 Å². The summed E-state index contributed by atoms with van der Waals surface area (Å²) in [5.74, 6) is 4.08. The van der Waals surface area contributed by atoms with E-state index in [0.29, 0.717) is 41.4 Å². The standard InChI is InChI=1S/C27H33F3N4O3/c1-36-22-4-3-16(10-23(22)37-2)21-11-24(27(28,29)30)34-25(33-21)20(13-32-34)26(35)31-12-19-17-6-14-5-15(8-17)9-18(19)7-14/h3-4,10,13-15,17-19,21,24,33H,5-9,11-12H2,1-2H3,(H,31,35)/t14?,15?,17?,18?,19?,21-,24+/m0/s1. The van der Waals surface area contributed by atoms with Gasteiger partial charge in [0.15, 0.2) is 17.5 Å². The Hall–Kier alpha value is -2.91. The number of amides is 1. The molecule has 10 heteroatoms. The summed E-state index contributed by atoms with van der Waals surface area (Å²) < 4.78 is 53.9. The number of aromatic nitrogens is 2. The summed E-state index contributed by atoms with van der Waals surface area (Å²) in [7, 11) is 2.98. The maximum absolute atomic E-state index is 14.1. The number of benzene rings is 1. The fourth-order valence-electron chi connectivity index (χ4n) is 7.69. The number of carbonyl (C=O) groups excluding carboxylic acids is 1. The Bertz CT molecular complexity index is 1150. The Morgan fingerprint density at radius 3 is 2.35 bits per heavy atom. The van der Waals surface area contributed by atoms with Crippen LogP contribution in [0.15, 0.2) is 24.4 Å². The molecule has 7 nitrogen and oxygen atoms in total. The molecule has 37 heavy (non-hydrogen) atoms. The first-order valence-corrected chi connectivity index (χ1v) is 13.2. The highest BCUT2D eigenvalue weighted by Crippen LogP contribution is 2.56. The number of ether oxygens (including phenoxy) is 2. The molecule has 0 spiro atoms. The van der Waals surface area contributed by atoms with Gasteiger partial charge in [0.25, 0.3) is 5.91 Å². The molecule has 0 radical (unpaired) electrons. The molecule has 4 aliphatic carbocycles. The van der Waals surface area contributed by atoms with Crippen molar-refractivity contribution in [1.29, 1.82) is 0 Å². The van der Waals surface area contributed by atoms with Crippen molar-refractivity contribution >= 4 is 11.7 Å². The molecule has 2 heterocycles. The van der Waals surface area contributed by atoms with Gasteiger partial charge in [0.05, 0.1) is 26.5 Å². The first-order valence-electron chi connectivity index (χ1n) is 13.2. The fraction of sp³-hybridized carbons (Fsp3) is 0.630. The molecule has 0 saturated heterocycles. The fourth-order valence-corrected chi connectivity index (χ4v) is 7.69. The minimum Gasteiger partial charge on any atom is -0.493 e. The van der Waals surface area contributed by atoms with Gasteiger partial charge >= 0.3 is 6.18 Å². The maximum atomic E-state index is 14.1. The van der Waals surface area contributed by atoms with E-state index < -0.39 is 18.3 Å². The van der Waals surface area contributed by atoms with Crippen molar-refractivity contribution in [3.8, 4) is 11.5 Å². The number of hydrogen-bond donors (Lipinski definition) is 2. The maximum Gasteiger partial charge on any atom is 0.410 e. The van der Waals surface area contributed by atoms with E-state index in [1.165, 1.54) is 52.5 Å². The molecule has 7 rings (SSSR count). The van der Waals surface area contributed by atoms with Crippen LogP contribution in [0, 0.1) is 29.6 Å². The number of nitrogens with zero attached hydrogens (tertiary/aromatic N) is 2. The Balaban J connectivity index is 1.23.